The Labute approximate surface area is 253 Å². The predicted octanol–water partition coefficient (Wildman–Crippen LogP) is 3.59. The first-order valence-electron chi connectivity index (χ1n) is 14.0. The van der Waals surface area contributed by atoms with Gasteiger partial charge in [0.1, 0.15) is 24.1 Å². The molecule has 3 amide bonds. The second-order valence-corrected chi connectivity index (χ2v) is 11.0. The average molecular weight is 616 g/mol. The summed E-state index contributed by atoms with van der Waals surface area (Å²) in [6.45, 7) is 7.29. The zero-order chi connectivity index (χ0) is 31.9. The van der Waals surface area contributed by atoms with E-state index in [1.807, 2.05) is 16.2 Å². The summed E-state index contributed by atoms with van der Waals surface area (Å²) < 4.78 is 28.9. The first kappa shape index (κ1) is 33.6. The van der Waals surface area contributed by atoms with Gasteiger partial charge < -0.3 is 31.8 Å². The molecule has 43 heavy (non-hydrogen) atoms. The lowest BCUT2D eigenvalue weighted by molar-refractivity contribution is -0.117. The van der Waals surface area contributed by atoms with Crippen molar-refractivity contribution in [2.24, 2.45) is 22.1 Å². The molecule has 1 aromatic carbocycles. The van der Waals surface area contributed by atoms with E-state index in [1.165, 1.54) is 35.1 Å². The molecule has 2 aliphatic rings. The van der Waals surface area contributed by atoms with Crippen LogP contribution in [0.25, 0.3) is 0 Å². The lowest BCUT2D eigenvalue weighted by Gasteiger charge is -2.40. The van der Waals surface area contributed by atoms with Crippen LogP contribution >= 0.6 is 9.24 Å². The van der Waals surface area contributed by atoms with Gasteiger partial charge in [-0.15, -0.1) is 0 Å². The van der Waals surface area contributed by atoms with Gasteiger partial charge in [-0.25, -0.2) is 18.6 Å². The maximum Gasteiger partial charge on any atom is 0.328 e. The van der Waals surface area contributed by atoms with Crippen LogP contribution in [0.5, 0.6) is 0 Å². The highest BCUT2D eigenvalue weighted by atomic mass is 31.0. The van der Waals surface area contributed by atoms with Gasteiger partial charge in [0.2, 0.25) is 11.9 Å². The number of nitrogens with zero attached hydrogens (tertiary/aromatic N) is 3. The Hall–Kier alpha value is -3.89. The van der Waals surface area contributed by atoms with Crippen LogP contribution in [0.4, 0.5) is 13.6 Å². The largest absolute Gasteiger partial charge is 0.506 e. The zero-order valence-corrected chi connectivity index (χ0v) is 25.9. The van der Waals surface area contributed by atoms with E-state index >= 15 is 0 Å². The topological polar surface area (TPSA) is 147 Å². The van der Waals surface area contributed by atoms with E-state index in [9.17, 15) is 23.5 Å². The number of aliphatic hydroxyl groups excluding tert-OH is 1. The summed E-state index contributed by atoms with van der Waals surface area (Å²) in [5.74, 6) is -2.21. The van der Waals surface area contributed by atoms with Crippen LogP contribution < -0.4 is 21.7 Å². The molecule has 0 fully saturated rings. The van der Waals surface area contributed by atoms with Crippen molar-refractivity contribution in [2.45, 2.75) is 39.7 Å². The molecular weight excluding hydrogens is 575 g/mol. The van der Waals surface area contributed by atoms with Crippen molar-refractivity contribution < 1.29 is 23.5 Å². The summed E-state index contributed by atoms with van der Waals surface area (Å²) in [6.07, 6.45) is 8.40. The highest BCUT2D eigenvalue weighted by Crippen LogP contribution is 2.40. The Kier molecular flexibility index (Phi) is 11.4. The smallest absolute Gasteiger partial charge is 0.328 e. The number of rotatable bonds is 12. The van der Waals surface area contributed by atoms with Crippen LogP contribution in [0, 0.1) is 28.4 Å². The molecule has 0 bridgehead atoms. The quantitative estimate of drug-likeness (QED) is 0.139. The summed E-state index contributed by atoms with van der Waals surface area (Å²) >= 11 is 0. The summed E-state index contributed by atoms with van der Waals surface area (Å²) in [5.41, 5.74) is 6.18. The van der Waals surface area contributed by atoms with E-state index in [-0.39, 0.29) is 71.8 Å². The minimum Gasteiger partial charge on any atom is -0.506 e. The Morgan fingerprint density at radius 1 is 1.35 bits per heavy atom. The third-order valence-corrected chi connectivity index (χ3v) is 8.28. The van der Waals surface area contributed by atoms with Gasteiger partial charge in [0.15, 0.2) is 0 Å². The van der Waals surface area contributed by atoms with Crippen LogP contribution in [0.3, 0.4) is 0 Å². The highest BCUT2D eigenvalue weighted by Gasteiger charge is 2.42. The summed E-state index contributed by atoms with van der Waals surface area (Å²) in [6, 6.07) is 1.65. The molecule has 3 unspecified atom stereocenters. The van der Waals surface area contributed by atoms with Crippen molar-refractivity contribution in [1.82, 2.24) is 20.4 Å². The number of benzene rings is 1. The van der Waals surface area contributed by atoms with Crippen molar-refractivity contribution in [2.75, 3.05) is 26.8 Å². The number of carbonyl (C=O) groups is 2. The van der Waals surface area contributed by atoms with Crippen molar-refractivity contribution in [3.63, 3.8) is 0 Å². The molecule has 1 aliphatic carbocycles. The highest BCUT2D eigenvalue weighted by molar-refractivity contribution is 7.27. The molecule has 0 saturated heterocycles. The number of guanidine groups is 1. The van der Waals surface area contributed by atoms with E-state index < -0.39 is 29.0 Å². The standard InChI is InChI=1S/C30H40F2N7O3P/c1-5-8-19(27(41)35-4)15-38-17-36-28(39(29(38)42)14-18-10-21(31)26(43)22(32)11-18)37-23-13-30(16-33,20(7-3)9-6-2)25(34)12-24(23)40/h5,8,10-13,20,34,40H,1,6-7,9,14-17,33,43H2,2-4H3,(H,35,41)(H,36,37)/b19-8-,34-25?. The number of aliphatic imine (C=N–C) groups is 1. The molecular formula is C30H40F2N7O3P. The average Bonchev–Trinajstić information content (AvgIpc) is 2.98. The molecule has 0 radical (unpaired) electrons. The molecule has 0 saturated carbocycles. The van der Waals surface area contributed by atoms with E-state index in [0.717, 1.165) is 31.4 Å². The second kappa shape index (κ2) is 14.5. The molecule has 3 rings (SSSR count). The maximum absolute atomic E-state index is 14.4. The number of hydrogen-bond donors (Lipinski definition) is 5. The van der Waals surface area contributed by atoms with Gasteiger partial charge >= 0.3 is 6.03 Å². The molecule has 0 aromatic heterocycles. The van der Waals surface area contributed by atoms with Gasteiger partial charge in [-0.1, -0.05) is 54.7 Å². The van der Waals surface area contributed by atoms with Crippen LogP contribution in [-0.4, -0.2) is 65.3 Å². The molecule has 1 heterocycles. The van der Waals surface area contributed by atoms with Crippen molar-refractivity contribution in [3.05, 3.63) is 77.2 Å². The van der Waals surface area contributed by atoms with Gasteiger partial charge in [-0.2, -0.15) is 0 Å². The Morgan fingerprint density at radius 2 is 2.02 bits per heavy atom. The van der Waals surface area contributed by atoms with Gasteiger partial charge in [0.25, 0.3) is 0 Å². The van der Waals surface area contributed by atoms with Crippen LogP contribution in [0.15, 0.2) is 65.0 Å². The van der Waals surface area contributed by atoms with E-state index in [0.29, 0.717) is 0 Å². The normalized spacial score (nSPS) is 19.9. The molecule has 13 heteroatoms. The number of nitrogens with one attached hydrogen (secondary N) is 3. The molecule has 1 aliphatic heterocycles. The fourth-order valence-electron chi connectivity index (χ4n) is 5.37. The minimum atomic E-state index is -0.867. The van der Waals surface area contributed by atoms with Crippen LogP contribution in [0.1, 0.15) is 38.7 Å². The van der Waals surface area contributed by atoms with Crippen LogP contribution in [0.2, 0.25) is 0 Å². The van der Waals surface area contributed by atoms with Gasteiger partial charge in [-0.05, 0) is 36.1 Å². The van der Waals surface area contributed by atoms with E-state index in [2.05, 4.69) is 29.1 Å². The summed E-state index contributed by atoms with van der Waals surface area (Å²) in [4.78, 5) is 33.2. The molecule has 10 nitrogen and oxygen atoms in total. The van der Waals surface area contributed by atoms with Gasteiger partial charge in [0.05, 0.1) is 18.8 Å². The van der Waals surface area contributed by atoms with Crippen LogP contribution in [-0.2, 0) is 11.3 Å². The third-order valence-electron chi connectivity index (χ3n) is 7.73. The first-order valence-corrected chi connectivity index (χ1v) is 14.6. The molecule has 232 valence electrons. The number of aliphatic hydroxyl groups is 1. The van der Waals surface area contributed by atoms with Crippen molar-refractivity contribution in [3.8, 4) is 0 Å². The number of carbonyl (C=O) groups excluding carboxylic acids is 2. The van der Waals surface area contributed by atoms with Gasteiger partial charge in [0, 0.05) is 41.7 Å². The Balaban J connectivity index is 2.06. The number of nitrogens with two attached hydrogens (primary N) is 1. The predicted molar refractivity (Wildman–Crippen MR) is 168 cm³/mol. The monoisotopic (exact) mass is 615 g/mol. The van der Waals surface area contributed by atoms with Crippen molar-refractivity contribution in [1.29, 1.82) is 5.41 Å². The molecule has 6 N–H and O–H groups in total. The lowest BCUT2D eigenvalue weighted by Crippen LogP contribution is -2.55. The number of hydrogen-bond acceptors (Lipinski definition) is 7. The second-order valence-electron chi connectivity index (χ2n) is 10.4. The van der Waals surface area contributed by atoms with Gasteiger partial charge in [-0.3, -0.25) is 9.69 Å². The molecule has 3 atom stereocenters. The lowest BCUT2D eigenvalue weighted by atomic mass is 9.66. The SMILES string of the molecule is C=C/C=C(/CN1CN=C(NC2=CC(CN)(C(CC)CCC)C(=N)C=C2O)N(Cc2cc(F)c(P)c(F)c2)C1=O)C(=O)NC. The number of amides is 3. The number of halogens is 2. The molecule has 1 aromatic rings. The first-order chi connectivity index (χ1) is 20.5. The number of allylic oxidation sites excluding steroid dienone is 3. The fraction of sp³-hybridized carbons (Fsp3) is 0.400. The summed E-state index contributed by atoms with van der Waals surface area (Å²) in [7, 11) is 3.47. The number of urea groups is 1. The fourth-order valence-corrected chi connectivity index (χ4v) is 5.54. The number of likely N-dealkylation sites (N-methyl/N-ethyl adjacent to an activating group) is 1. The van der Waals surface area contributed by atoms with E-state index in [4.69, 9.17) is 11.1 Å². The Morgan fingerprint density at radius 3 is 2.58 bits per heavy atom. The zero-order valence-electron chi connectivity index (χ0n) is 24.7. The third kappa shape index (κ3) is 7.19. The summed E-state index contributed by atoms with van der Waals surface area (Å²) in [5, 5.41) is 24.9. The van der Waals surface area contributed by atoms with E-state index in [1.54, 1.807) is 6.08 Å². The Bertz CT molecular complexity index is 1380. The minimum absolute atomic E-state index is 0.0142. The maximum atomic E-state index is 14.4. The molecule has 0 spiro atoms. The van der Waals surface area contributed by atoms with Crippen molar-refractivity contribution >= 4 is 38.2 Å².